The lowest BCUT2D eigenvalue weighted by Crippen LogP contribution is -2.47. The molecule has 5 heteroatoms. The topological polar surface area (TPSA) is 53.0 Å². The maximum Gasteiger partial charge on any atom is 0.223 e. The zero-order valence-corrected chi connectivity index (χ0v) is 14.3. The second kappa shape index (κ2) is 8.60. The number of aliphatic hydroxyl groups is 1. The van der Waals surface area contributed by atoms with Crippen molar-refractivity contribution in [3.8, 4) is 0 Å². The number of ether oxygens (including phenoxy) is 1. The number of carbonyl (C=O) groups excluding carboxylic acids is 1. The molecule has 0 aromatic heterocycles. The Morgan fingerprint density at radius 2 is 1.92 bits per heavy atom. The average Bonchev–Trinajstić information content (AvgIpc) is 2.63. The van der Waals surface area contributed by atoms with E-state index in [-0.39, 0.29) is 17.9 Å². The van der Waals surface area contributed by atoms with Crippen molar-refractivity contribution in [3.05, 3.63) is 35.9 Å². The maximum absolute atomic E-state index is 12.5. The minimum absolute atomic E-state index is 0.133. The van der Waals surface area contributed by atoms with Gasteiger partial charge in [-0.2, -0.15) is 0 Å². The van der Waals surface area contributed by atoms with Crippen LogP contribution in [0.1, 0.15) is 18.4 Å². The zero-order valence-electron chi connectivity index (χ0n) is 14.3. The third-order valence-corrected chi connectivity index (χ3v) is 5.13. The van der Waals surface area contributed by atoms with Gasteiger partial charge in [-0.05, 0) is 18.4 Å². The highest BCUT2D eigenvalue weighted by Crippen LogP contribution is 2.22. The Morgan fingerprint density at radius 1 is 1.17 bits per heavy atom. The van der Waals surface area contributed by atoms with Crippen molar-refractivity contribution in [1.29, 1.82) is 0 Å². The number of aliphatic hydroxyl groups excluding tert-OH is 1. The SMILES string of the molecule is O=C(CCN1CCOCC1)N1CC[C@@H](O)[C@H](Cc2ccccc2)C1. The number of hydrogen-bond acceptors (Lipinski definition) is 4. The van der Waals surface area contributed by atoms with E-state index in [1.54, 1.807) is 0 Å². The van der Waals surface area contributed by atoms with Crippen LogP contribution < -0.4 is 0 Å². The van der Waals surface area contributed by atoms with Gasteiger partial charge in [0.15, 0.2) is 0 Å². The van der Waals surface area contributed by atoms with E-state index in [9.17, 15) is 9.90 Å². The van der Waals surface area contributed by atoms with Crippen molar-refractivity contribution in [2.75, 3.05) is 45.9 Å². The Labute approximate surface area is 144 Å². The largest absolute Gasteiger partial charge is 0.393 e. The molecule has 2 aliphatic heterocycles. The van der Waals surface area contributed by atoms with E-state index >= 15 is 0 Å². The lowest BCUT2D eigenvalue weighted by atomic mass is 9.88. The molecular formula is C19H28N2O3. The molecule has 132 valence electrons. The fraction of sp³-hybridized carbons (Fsp3) is 0.632. The summed E-state index contributed by atoms with van der Waals surface area (Å²) in [6, 6.07) is 10.2. The van der Waals surface area contributed by atoms with Gasteiger partial charge in [0, 0.05) is 45.1 Å². The van der Waals surface area contributed by atoms with E-state index in [4.69, 9.17) is 4.74 Å². The predicted molar refractivity (Wildman–Crippen MR) is 92.7 cm³/mol. The summed E-state index contributed by atoms with van der Waals surface area (Å²) < 4.78 is 5.34. The van der Waals surface area contributed by atoms with E-state index in [0.717, 1.165) is 39.3 Å². The smallest absolute Gasteiger partial charge is 0.223 e. The number of amides is 1. The fourth-order valence-electron chi connectivity index (χ4n) is 3.60. The van der Waals surface area contributed by atoms with Crippen LogP contribution in [0.4, 0.5) is 0 Å². The molecule has 1 aromatic carbocycles. The van der Waals surface area contributed by atoms with Crippen LogP contribution in [0, 0.1) is 5.92 Å². The predicted octanol–water partition coefficient (Wildman–Crippen LogP) is 1.16. The molecule has 2 heterocycles. The molecule has 2 saturated heterocycles. The first-order valence-corrected chi connectivity index (χ1v) is 9.02. The fourth-order valence-corrected chi connectivity index (χ4v) is 3.60. The van der Waals surface area contributed by atoms with Crippen LogP contribution >= 0.6 is 0 Å². The second-order valence-corrected chi connectivity index (χ2v) is 6.85. The number of carbonyl (C=O) groups is 1. The Bertz CT molecular complexity index is 517. The van der Waals surface area contributed by atoms with Gasteiger partial charge in [0.1, 0.15) is 0 Å². The number of likely N-dealkylation sites (tertiary alicyclic amines) is 1. The second-order valence-electron chi connectivity index (χ2n) is 6.85. The van der Waals surface area contributed by atoms with Gasteiger partial charge in [-0.15, -0.1) is 0 Å². The Morgan fingerprint density at radius 3 is 2.67 bits per heavy atom. The van der Waals surface area contributed by atoms with Crippen LogP contribution in [0.25, 0.3) is 0 Å². The monoisotopic (exact) mass is 332 g/mol. The molecule has 3 rings (SSSR count). The zero-order chi connectivity index (χ0) is 16.8. The normalized spacial score (nSPS) is 25.6. The van der Waals surface area contributed by atoms with Crippen molar-refractivity contribution in [1.82, 2.24) is 9.80 Å². The number of rotatable bonds is 5. The first kappa shape index (κ1) is 17.4. The van der Waals surface area contributed by atoms with E-state index in [0.29, 0.717) is 25.9 Å². The summed E-state index contributed by atoms with van der Waals surface area (Å²) >= 11 is 0. The molecule has 1 N–H and O–H groups in total. The summed E-state index contributed by atoms with van der Waals surface area (Å²) in [5.74, 6) is 0.347. The molecular weight excluding hydrogens is 304 g/mol. The minimum atomic E-state index is -0.312. The van der Waals surface area contributed by atoms with Crippen LogP contribution in [0.5, 0.6) is 0 Å². The van der Waals surface area contributed by atoms with E-state index in [2.05, 4.69) is 17.0 Å². The summed E-state index contributed by atoms with van der Waals surface area (Å²) in [6.45, 7) is 5.52. The van der Waals surface area contributed by atoms with Gasteiger partial charge in [-0.25, -0.2) is 0 Å². The van der Waals surface area contributed by atoms with Gasteiger partial charge in [0.2, 0.25) is 5.91 Å². The summed E-state index contributed by atoms with van der Waals surface area (Å²) in [4.78, 5) is 16.8. The quantitative estimate of drug-likeness (QED) is 0.879. The van der Waals surface area contributed by atoms with Gasteiger partial charge in [0.25, 0.3) is 0 Å². The molecule has 24 heavy (non-hydrogen) atoms. The lowest BCUT2D eigenvalue weighted by molar-refractivity contribution is -0.135. The minimum Gasteiger partial charge on any atom is -0.393 e. The molecule has 1 amide bonds. The molecule has 2 fully saturated rings. The number of nitrogens with zero attached hydrogens (tertiary/aromatic N) is 2. The van der Waals surface area contributed by atoms with Crippen LogP contribution in [-0.4, -0.2) is 72.9 Å². The van der Waals surface area contributed by atoms with Gasteiger partial charge >= 0.3 is 0 Å². The molecule has 1 aromatic rings. The van der Waals surface area contributed by atoms with E-state index in [1.807, 2.05) is 23.1 Å². The Balaban J connectivity index is 1.49. The van der Waals surface area contributed by atoms with Gasteiger partial charge in [-0.3, -0.25) is 9.69 Å². The molecule has 0 saturated carbocycles. The summed E-state index contributed by atoms with van der Waals surface area (Å²) in [5, 5.41) is 10.3. The van der Waals surface area contributed by atoms with Crippen LogP contribution in [0.15, 0.2) is 30.3 Å². The molecule has 2 atom stereocenters. The molecule has 0 spiro atoms. The van der Waals surface area contributed by atoms with Crippen molar-refractivity contribution in [2.24, 2.45) is 5.92 Å². The van der Waals surface area contributed by atoms with Crippen molar-refractivity contribution in [2.45, 2.75) is 25.4 Å². The van der Waals surface area contributed by atoms with Crippen molar-refractivity contribution >= 4 is 5.91 Å². The van der Waals surface area contributed by atoms with Crippen molar-refractivity contribution in [3.63, 3.8) is 0 Å². The molecule has 0 unspecified atom stereocenters. The van der Waals surface area contributed by atoms with Crippen LogP contribution in [0.3, 0.4) is 0 Å². The van der Waals surface area contributed by atoms with Gasteiger partial charge in [0.05, 0.1) is 19.3 Å². The van der Waals surface area contributed by atoms with Crippen molar-refractivity contribution < 1.29 is 14.6 Å². The number of benzene rings is 1. The van der Waals surface area contributed by atoms with Gasteiger partial charge in [-0.1, -0.05) is 30.3 Å². The molecule has 2 aliphatic rings. The number of morpholine rings is 1. The molecule has 0 radical (unpaired) electrons. The highest BCUT2D eigenvalue weighted by atomic mass is 16.5. The van der Waals surface area contributed by atoms with E-state index < -0.39 is 0 Å². The third-order valence-electron chi connectivity index (χ3n) is 5.13. The van der Waals surface area contributed by atoms with E-state index in [1.165, 1.54) is 5.56 Å². The summed E-state index contributed by atoms with van der Waals surface area (Å²) in [5.41, 5.74) is 1.23. The van der Waals surface area contributed by atoms with Crippen LogP contribution in [-0.2, 0) is 16.0 Å². The van der Waals surface area contributed by atoms with Crippen LogP contribution in [0.2, 0.25) is 0 Å². The third kappa shape index (κ3) is 4.79. The maximum atomic E-state index is 12.5. The summed E-state index contributed by atoms with van der Waals surface area (Å²) in [7, 11) is 0. The Hall–Kier alpha value is -1.43. The first-order valence-electron chi connectivity index (χ1n) is 9.02. The molecule has 5 nitrogen and oxygen atoms in total. The first-order chi connectivity index (χ1) is 11.7. The number of hydrogen-bond donors (Lipinski definition) is 1. The Kier molecular flexibility index (Phi) is 6.24. The molecule has 0 bridgehead atoms. The number of piperidine rings is 1. The van der Waals surface area contributed by atoms with Gasteiger partial charge < -0.3 is 14.7 Å². The molecule has 0 aliphatic carbocycles. The highest BCUT2D eigenvalue weighted by Gasteiger charge is 2.30. The average molecular weight is 332 g/mol. The lowest BCUT2D eigenvalue weighted by Gasteiger charge is -2.37. The summed E-state index contributed by atoms with van der Waals surface area (Å²) in [6.07, 6.45) is 1.76. The standard InChI is InChI=1S/C19H28N2O3/c22-18-6-9-21(15-17(18)14-16-4-2-1-3-5-16)19(23)7-8-20-10-12-24-13-11-20/h1-5,17-18,22H,6-15H2/t17-,18-/m1/s1. The highest BCUT2D eigenvalue weighted by molar-refractivity contribution is 5.76.